The Balaban J connectivity index is 1.96. The Bertz CT molecular complexity index is 936. The quantitative estimate of drug-likeness (QED) is 0.543. The molecule has 0 aliphatic carbocycles. The minimum Gasteiger partial charge on any atom is -0.457 e. The first-order chi connectivity index (χ1) is 12.1. The molecule has 1 aromatic carbocycles. The lowest BCUT2D eigenvalue weighted by Gasteiger charge is -2.10. The molecule has 1 fully saturated rings. The van der Waals surface area contributed by atoms with E-state index in [-0.39, 0.29) is 22.3 Å². The zero-order valence-electron chi connectivity index (χ0n) is 13.6. The second-order valence-corrected chi connectivity index (χ2v) is 6.40. The highest BCUT2D eigenvalue weighted by Crippen LogP contribution is 2.37. The number of carbonyl (C=O) groups is 1. The largest absolute Gasteiger partial charge is 0.457 e. The van der Waals surface area contributed by atoms with Gasteiger partial charge in [-0.3, -0.25) is 9.69 Å². The Morgan fingerprint density at radius 1 is 1.15 bits per heavy atom. The number of furan rings is 1. The fourth-order valence-corrected chi connectivity index (χ4v) is 2.91. The average Bonchev–Trinajstić information content (AvgIpc) is 3.10. The van der Waals surface area contributed by atoms with Gasteiger partial charge in [0, 0.05) is 25.7 Å². The van der Waals surface area contributed by atoms with Crippen molar-refractivity contribution < 1.29 is 22.4 Å². The number of thiocarbonyl (C=S) groups is 1. The zero-order chi connectivity index (χ0) is 19.2. The van der Waals surface area contributed by atoms with Crippen molar-refractivity contribution in [3.8, 4) is 11.3 Å². The van der Waals surface area contributed by atoms with Crippen LogP contribution in [0.5, 0.6) is 0 Å². The van der Waals surface area contributed by atoms with E-state index in [9.17, 15) is 18.0 Å². The molecule has 4 nitrogen and oxygen atoms in total. The maximum atomic E-state index is 13.0. The number of amides is 1. The SMILES string of the molecule is CN1C(=O)C(=Cc2ccc(-c3ccc(Cl)c(C(F)(F)F)c3)o2)N(C)C1=S. The van der Waals surface area contributed by atoms with Gasteiger partial charge in [-0.15, -0.1) is 0 Å². The molecule has 0 bridgehead atoms. The first kappa shape index (κ1) is 18.5. The maximum absolute atomic E-state index is 13.0. The highest BCUT2D eigenvalue weighted by atomic mass is 35.5. The molecule has 2 aromatic rings. The number of rotatable bonds is 2. The summed E-state index contributed by atoms with van der Waals surface area (Å²) in [4.78, 5) is 15.0. The molecular formula is C17H12ClF3N2O2S. The molecule has 26 heavy (non-hydrogen) atoms. The minimum absolute atomic E-state index is 0.225. The molecule has 0 N–H and O–H groups in total. The number of nitrogens with zero attached hydrogens (tertiary/aromatic N) is 2. The lowest BCUT2D eigenvalue weighted by Crippen LogP contribution is -2.26. The molecule has 3 rings (SSSR count). The second kappa shape index (κ2) is 6.44. The molecule has 1 aromatic heterocycles. The summed E-state index contributed by atoms with van der Waals surface area (Å²) in [7, 11) is 3.20. The van der Waals surface area contributed by atoms with Crippen LogP contribution < -0.4 is 0 Å². The van der Waals surface area contributed by atoms with Crippen molar-refractivity contribution in [2.75, 3.05) is 14.1 Å². The smallest absolute Gasteiger partial charge is 0.417 e. The standard InChI is InChI=1S/C17H12ClF3N2O2S/c1-22-13(15(24)23(2)16(22)26)8-10-4-6-14(25-10)9-3-5-12(18)11(7-9)17(19,20)21/h3-8H,1-2H3. The molecule has 1 saturated heterocycles. The van der Waals surface area contributed by atoms with Crippen molar-refractivity contribution in [2.24, 2.45) is 0 Å². The highest BCUT2D eigenvalue weighted by molar-refractivity contribution is 7.80. The van der Waals surface area contributed by atoms with Crippen molar-refractivity contribution in [2.45, 2.75) is 6.18 Å². The van der Waals surface area contributed by atoms with Crippen molar-refractivity contribution in [3.05, 3.63) is 52.4 Å². The summed E-state index contributed by atoms with van der Waals surface area (Å²) in [5.74, 6) is 0.251. The molecule has 0 radical (unpaired) electrons. The highest BCUT2D eigenvalue weighted by Gasteiger charge is 2.34. The third-order valence-corrected chi connectivity index (χ3v) is 4.80. The summed E-state index contributed by atoms with van der Waals surface area (Å²) in [5.41, 5.74) is -0.402. The van der Waals surface area contributed by atoms with Crippen LogP contribution in [0.2, 0.25) is 5.02 Å². The first-order valence-electron chi connectivity index (χ1n) is 7.34. The van der Waals surface area contributed by atoms with Crippen LogP contribution in [0.15, 0.2) is 40.4 Å². The Morgan fingerprint density at radius 3 is 2.42 bits per heavy atom. The third kappa shape index (κ3) is 3.22. The Kier molecular flexibility index (Phi) is 4.58. The van der Waals surface area contributed by atoms with Crippen molar-refractivity contribution in [1.29, 1.82) is 0 Å². The van der Waals surface area contributed by atoms with Crippen LogP contribution in [0.25, 0.3) is 17.4 Å². The Hall–Kier alpha value is -2.32. The Morgan fingerprint density at radius 2 is 1.85 bits per heavy atom. The summed E-state index contributed by atoms with van der Waals surface area (Å²) in [6.07, 6.45) is -3.08. The molecule has 9 heteroatoms. The lowest BCUT2D eigenvalue weighted by molar-refractivity contribution is -0.137. The van der Waals surface area contributed by atoms with Crippen molar-refractivity contribution in [3.63, 3.8) is 0 Å². The van der Waals surface area contributed by atoms with Crippen LogP contribution in [-0.4, -0.2) is 34.9 Å². The molecule has 136 valence electrons. The van der Waals surface area contributed by atoms with Gasteiger partial charge in [-0.05, 0) is 42.5 Å². The van der Waals surface area contributed by atoms with Gasteiger partial charge in [0.2, 0.25) is 0 Å². The van der Waals surface area contributed by atoms with Crippen molar-refractivity contribution in [1.82, 2.24) is 9.80 Å². The van der Waals surface area contributed by atoms with Crippen molar-refractivity contribution >= 4 is 40.9 Å². The summed E-state index contributed by atoms with van der Waals surface area (Å²) >= 11 is 10.7. The molecule has 1 aliphatic heterocycles. The van der Waals surface area contributed by atoms with Crippen LogP contribution in [-0.2, 0) is 11.0 Å². The van der Waals surface area contributed by atoms with E-state index in [1.54, 1.807) is 20.2 Å². The number of carbonyl (C=O) groups excluding carboxylic acids is 1. The molecule has 0 atom stereocenters. The molecule has 1 amide bonds. The summed E-state index contributed by atoms with van der Waals surface area (Å²) in [6, 6.07) is 6.61. The van der Waals surface area contributed by atoms with Crippen LogP contribution in [0.4, 0.5) is 13.2 Å². The predicted molar refractivity (Wildman–Crippen MR) is 95.3 cm³/mol. The van der Waals surface area contributed by atoms with E-state index >= 15 is 0 Å². The molecule has 0 spiro atoms. The van der Waals surface area contributed by atoms with E-state index in [0.29, 0.717) is 16.6 Å². The van der Waals surface area contributed by atoms with Crippen LogP contribution >= 0.6 is 23.8 Å². The van der Waals surface area contributed by atoms with Gasteiger partial charge >= 0.3 is 6.18 Å². The lowest BCUT2D eigenvalue weighted by atomic mass is 10.1. The fraction of sp³-hybridized carbons (Fsp3) is 0.176. The molecule has 1 aliphatic rings. The van der Waals surface area contributed by atoms with E-state index < -0.39 is 11.7 Å². The monoisotopic (exact) mass is 400 g/mol. The fourth-order valence-electron chi connectivity index (χ4n) is 2.50. The number of alkyl halides is 3. The summed E-state index contributed by atoms with van der Waals surface area (Å²) in [6.45, 7) is 0. The van der Waals surface area contributed by atoms with Gasteiger partial charge in [0.05, 0.1) is 10.6 Å². The van der Waals surface area contributed by atoms with Gasteiger partial charge in [0.15, 0.2) is 5.11 Å². The minimum atomic E-state index is -4.57. The van der Waals surface area contributed by atoms with Crippen LogP contribution in [0, 0.1) is 0 Å². The van der Waals surface area contributed by atoms with Gasteiger partial charge in [-0.25, -0.2) is 0 Å². The van der Waals surface area contributed by atoms with Gasteiger partial charge in [0.1, 0.15) is 17.2 Å². The third-order valence-electron chi connectivity index (χ3n) is 3.92. The van der Waals surface area contributed by atoms with Gasteiger partial charge in [-0.1, -0.05) is 11.6 Å². The van der Waals surface area contributed by atoms with Crippen LogP contribution in [0.1, 0.15) is 11.3 Å². The molecular weight excluding hydrogens is 389 g/mol. The number of hydrogen-bond acceptors (Lipinski definition) is 3. The number of likely N-dealkylation sites (N-methyl/N-ethyl adjacent to an activating group) is 2. The average molecular weight is 401 g/mol. The summed E-state index contributed by atoms with van der Waals surface area (Å²) in [5, 5.41) is -0.0366. The first-order valence-corrected chi connectivity index (χ1v) is 8.12. The number of halogens is 4. The number of hydrogen-bond donors (Lipinski definition) is 0. The normalized spacial score (nSPS) is 16.9. The molecule has 0 saturated carbocycles. The summed E-state index contributed by atoms with van der Waals surface area (Å²) < 4.78 is 44.6. The van der Waals surface area contributed by atoms with Gasteiger partial charge in [0.25, 0.3) is 5.91 Å². The van der Waals surface area contributed by atoms with E-state index in [0.717, 1.165) is 6.07 Å². The second-order valence-electron chi connectivity index (χ2n) is 5.63. The maximum Gasteiger partial charge on any atom is 0.417 e. The van der Waals surface area contributed by atoms with Crippen LogP contribution in [0.3, 0.4) is 0 Å². The molecule has 2 heterocycles. The predicted octanol–water partition coefficient (Wildman–Crippen LogP) is 4.65. The molecule has 0 unspecified atom stereocenters. The van der Waals surface area contributed by atoms with E-state index in [1.165, 1.54) is 34.1 Å². The van der Waals surface area contributed by atoms with E-state index in [2.05, 4.69) is 0 Å². The van der Waals surface area contributed by atoms with Gasteiger partial charge in [-0.2, -0.15) is 13.2 Å². The van der Waals surface area contributed by atoms with E-state index in [4.69, 9.17) is 28.2 Å². The Labute approximate surface area is 157 Å². The van der Waals surface area contributed by atoms with Gasteiger partial charge < -0.3 is 9.32 Å². The zero-order valence-corrected chi connectivity index (χ0v) is 15.2. The van der Waals surface area contributed by atoms with E-state index in [1.807, 2.05) is 0 Å². The topological polar surface area (TPSA) is 36.7 Å². The number of benzene rings is 1.